The van der Waals surface area contributed by atoms with E-state index in [1.165, 1.54) is 29.1 Å². The summed E-state index contributed by atoms with van der Waals surface area (Å²) in [6.45, 7) is 3.63. The predicted octanol–water partition coefficient (Wildman–Crippen LogP) is 3.17. The SMILES string of the molecule is CCOC(=O)C1=C(C)N=c2s/c(=C\c3ccc(OC)c(O)c3)c(=O)n2[C@H]1c1ccccc1Cl. The Balaban J connectivity index is 1.95. The maximum atomic E-state index is 13.5. The molecular weight excluding hydrogens is 464 g/mol. The summed E-state index contributed by atoms with van der Waals surface area (Å²) in [6.07, 6.45) is 1.66. The van der Waals surface area contributed by atoms with Crippen molar-refractivity contribution in [3.63, 3.8) is 0 Å². The van der Waals surface area contributed by atoms with Gasteiger partial charge >= 0.3 is 5.97 Å². The van der Waals surface area contributed by atoms with Gasteiger partial charge in [-0.1, -0.05) is 47.2 Å². The van der Waals surface area contributed by atoms with E-state index in [4.69, 9.17) is 21.1 Å². The van der Waals surface area contributed by atoms with E-state index >= 15 is 0 Å². The fourth-order valence-electron chi connectivity index (χ4n) is 3.73. The minimum Gasteiger partial charge on any atom is -0.504 e. The first-order valence-electron chi connectivity index (χ1n) is 10.2. The maximum Gasteiger partial charge on any atom is 0.338 e. The van der Waals surface area contributed by atoms with Gasteiger partial charge in [0.2, 0.25) is 0 Å². The molecule has 0 unspecified atom stereocenters. The molecule has 4 rings (SSSR count). The molecule has 2 heterocycles. The Kier molecular flexibility index (Phi) is 6.40. The number of aromatic nitrogens is 1. The number of fused-ring (bicyclic) bond motifs is 1. The number of aromatic hydroxyl groups is 1. The number of carbonyl (C=O) groups is 1. The van der Waals surface area contributed by atoms with Crippen molar-refractivity contribution < 1.29 is 19.4 Å². The second-order valence-corrected chi connectivity index (χ2v) is 8.67. The molecule has 170 valence electrons. The van der Waals surface area contributed by atoms with Crippen LogP contribution in [0.1, 0.15) is 31.0 Å². The van der Waals surface area contributed by atoms with Crippen LogP contribution in [0.3, 0.4) is 0 Å². The number of esters is 1. The number of hydrogen-bond donors (Lipinski definition) is 1. The zero-order valence-corrected chi connectivity index (χ0v) is 19.7. The molecule has 0 bridgehead atoms. The number of phenolic OH excluding ortho intramolecular Hbond substituents is 1. The normalized spacial score (nSPS) is 15.8. The van der Waals surface area contributed by atoms with E-state index in [9.17, 15) is 14.7 Å². The standard InChI is InChI=1S/C24H21ClN2O5S/c1-4-32-23(30)20-13(2)26-24-27(21(20)15-7-5-6-8-16(15)25)22(29)19(33-24)12-14-9-10-18(31-3)17(28)11-14/h5-12,21,28H,4H2,1-3H3/b19-12-/t21-/m0/s1. The number of thiazole rings is 1. The molecule has 1 aromatic heterocycles. The van der Waals surface area contributed by atoms with Crippen LogP contribution in [0.15, 0.2) is 63.5 Å². The summed E-state index contributed by atoms with van der Waals surface area (Å²) >= 11 is 7.68. The number of benzene rings is 2. The second-order valence-electron chi connectivity index (χ2n) is 7.26. The minimum absolute atomic E-state index is 0.0339. The third-order valence-corrected chi connectivity index (χ3v) is 6.54. The molecule has 0 amide bonds. The number of nitrogens with zero attached hydrogens (tertiary/aromatic N) is 2. The monoisotopic (exact) mass is 484 g/mol. The van der Waals surface area contributed by atoms with Crippen LogP contribution in [0.25, 0.3) is 6.08 Å². The van der Waals surface area contributed by atoms with Crippen LogP contribution < -0.4 is 19.6 Å². The summed E-state index contributed by atoms with van der Waals surface area (Å²) in [6, 6.07) is 11.2. The summed E-state index contributed by atoms with van der Waals surface area (Å²) < 4.78 is 12.2. The fourth-order valence-corrected chi connectivity index (χ4v) is 5.02. The number of phenols is 1. The molecule has 0 saturated carbocycles. The number of allylic oxidation sites excluding steroid dienone is 1. The van der Waals surface area contributed by atoms with E-state index in [1.54, 1.807) is 56.3 Å². The van der Waals surface area contributed by atoms with Gasteiger partial charge in [-0.15, -0.1) is 0 Å². The Morgan fingerprint density at radius 2 is 2.06 bits per heavy atom. The third-order valence-electron chi connectivity index (χ3n) is 5.22. The van der Waals surface area contributed by atoms with Crippen LogP contribution in [-0.4, -0.2) is 29.4 Å². The lowest BCUT2D eigenvalue weighted by atomic mass is 9.96. The first-order valence-corrected chi connectivity index (χ1v) is 11.4. The van der Waals surface area contributed by atoms with E-state index < -0.39 is 12.0 Å². The Morgan fingerprint density at radius 1 is 1.30 bits per heavy atom. The summed E-state index contributed by atoms with van der Waals surface area (Å²) in [7, 11) is 1.46. The molecule has 7 nitrogen and oxygen atoms in total. The quantitative estimate of drug-likeness (QED) is 0.562. The van der Waals surface area contributed by atoms with Gasteiger partial charge in [-0.05, 0) is 49.2 Å². The van der Waals surface area contributed by atoms with Crippen LogP contribution in [0.5, 0.6) is 11.5 Å². The van der Waals surface area contributed by atoms with E-state index in [-0.39, 0.29) is 23.5 Å². The van der Waals surface area contributed by atoms with Crippen LogP contribution in [0.4, 0.5) is 0 Å². The van der Waals surface area contributed by atoms with Crippen molar-refractivity contribution in [2.24, 2.45) is 4.99 Å². The predicted molar refractivity (Wildman–Crippen MR) is 127 cm³/mol. The number of carbonyl (C=O) groups excluding carboxylic acids is 1. The van der Waals surface area contributed by atoms with Crippen molar-refractivity contribution >= 4 is 35.0 Å². The molecule has 1 atom stereocenters. The molecule has 0 spiro atoms. The number of methoxy groups -OCH3 is 1. The molecule has 9 heteroatoms. The van der Waals surface area contributed by atoms with Crippen molar-refractivity contribution in [1.29, 1.82) is 0 Å². The zero-order valence-electron chi connectivity index (χ0n) is 18.2. The molecule has 0 aliphatic carbocycles. The Labute approximate surface area is 198 Å². The van der Waals surface area contributed by atoms with Crippen molar-refractivity contribution in [2.75, 3.05) is 13.7 Å². The molecule has 1 aliphatic rings. The maximum absolute atomic E-state index is 13.5. The second kappa shape index (κ2) is 9.25. The molecule has 3 aromatic rings. The lowest BCUT2D eigenvalue weighted by molar-refractivity contribution is -0.139. The molecule has 0 fully saturated rings. The van der Waals surface area contributed by atoms with Crippen molar-refractivity contribution in [2.45, 2.75) is 19.9 Å². The van der Waals surface area contributed by atoms with Crippen LogP contribution in [0.2, 0.25) is 5.02 Å². The average Bonchev–Trinajstić information content (AvgIpc) is 3.08. The van der Waals surface area contributed by atoms with E-state index in [0.29, 0.717) is 36.9 Å². The van der Waals surface area contributed by atoms with Crippen LogP contribution in [0, 0.1) is 0 Å². The molecule has 1 aliphatic heterocycles. The van der Waals surface area contributed by atoms with Crippen molar-refractivity contribution in [1.82, 2.24) is 4.57 Å². The van der Waals surface area contributed by atoms with Gasteiger partial charge in [0.05, 0.1) is 29.5 Å². The van der Waals surface area contributed by atoms with Crippen molar-refractivity contribution in [3.8, 4) is 11.5 Å². The van der Waals surface area contributed by atoms with E-state index in [1.807, 2.05) is 0 Å². The number of ether oxygens (including phenoxy) is 2. The van der Waals surface area contributed by atoms with Gasteiger partial charge in [-0.3, -0.25) is 9.36 Å². The Bertz CT molecular complexity index is 1450. The fraction of sp³-hybridized carbons (Fsp3) is 0.208. The number of rotatable bonds is 5. The molecule has 0 saturated heterocycles. The first-order chi connectivity index (χ1) is 15.8. The molecule has 33 heavy (non-hydrogen) atoms. The van der Waals surface area contributed by atoms with Crippen LogP contribution >= 0.6 is 22.9 Å². The molecular formula is C24H21ClN2O5S. The highest BCUT2D eigenvalue weighted by Crippen LogP contribution is 2.34. The summed E-state index contributed by atoms with van der Waals surface area (Å²) in [4.78, 5) is 31.4. The van der Waals surface area contributed by atoms with Gasteiger partial charge in [-0.25, -0.2) is 9.79 Å². The van der Waals surface area contributed by atoms with Crippen molar-refractivity contribution in [3.05, 3.63) is 89.6 Å². The largest absolute Gasteiger partial charge is 0.504 e. The Hall–Kier alpha value is -3.36. The van der Waals surface area contributed by atoms with Gasteiger partial charge in [-0.2, -0.15) is 0 Å². The van der Waals surface area contributed by atoms with Crippen LogP contribution in [-0.2, 0) is 9.53 Å². The topological polar surface area (TPSA) is 90.1 Å². The first kappa shape index (κ1) is 22.8. The minimum atomic E-state index is -0.777. The summed E-state index contributed by atoms with van der Waals surface area (Å²) in [5, 5.41) is 10.5. The smallest absolute Gasteiger partial charge is 0.338 e. The zero-order chi connectivity index (χ0) is 23.7. The summed E-state index contributed by atoms with van der Waals surface area (Å²) in [5.41, 5.74) is 1.63. The van der Waals surface area contributed by atoms with E-state index in [0.717, 1.165) is 0 Å². The number of hydrogen-bond acceptors (Lipinski definition) is 7. The van der Waals surface area contributed by atoms with Gasteiger partial charge in [0, 0.05) is 5.02 Å². The van der Waals surface area contributed by atoms with E-state index in [2.05, 4.69) is 4.99 Å². The summed E-state index contributed by atoms with van der Waals surface area (Å²) in [5.74, 6) is -0.242. The molecule has 0 radical (unpaired) electrons. The van der Waals surface area contributed by atoms with Gasteiger partial charge < -0.3 is 14.6 Å². The third kappa shape index (κ3) is 4.19. The number of halogens is 1. The lowest BCUT2D eigenvalue weighted by Crippen LogP contribution is -2.40. The van der Waals surface area contributed by atoms with Gasteiger partial charge in [0.1, 0.15) is 6.04 Å². The highest BCUT2D eigenvalue weighted by Gasteiger charge is 2.34. The highest BCUT2D eigenvalue weighted by atomic mass is 35.5. The van der Waals surface area contributed by atoms with Gasteiger partial charge in [0.15, 0.2) is 16.3 Å². The molecule has 1 N–H and O–H groups in total. The highest BCUT2D eigenvalue weighted by molar-refractivity contribution is 7.07. The lowest BCUT2D eigenvalue weighted by Gasteiger charge is -2.25. The average molecular weight is 485 g/mol. The molecule has 2 aromatic carbocycles. The Morgan fingerprint density at radius 3 is 2.73 bits per heavy atom. The van der Waals surface area contributed by atoms with Gasteiger partial charge in [0.25, 0.3) is 5.56 Å².